The van der Waals surface area contributed by atoms with Crippen molar-refractivity contribution in [2.75, 3.05) is 25.6 Å². The predicted octanol–water partition coefficient (Wildman–Crippen LogP) is 2.08. The first-order valence-electron chi connectivity index (χ1n) is 5.47. The molecular formula is C11H13BrClNO3S. The second-order valence-electron chi connectivity index (χ2n) is 3.96. The number of rotatable bonds is 3. The standard InChI is InChI=1S/C11H13BrClNO3S/c12-9-1-3-11(4-2-9)18(15,16)14-5-6-17-10(7-13)8-14/h1-4,10H,5-8H2. The van der Waals surface area contributed by atoms with Gasteiger partial charge in [-0.2, -0.15) is 4.31 Å². The molecule has 1 aliphatic heterocycles. The second-order valence-corrected chi connectivity index (χ2v) is 7.13. The van der Waals surface area contributed by atoms with Crippen molar-refractivity contribution in [2.24, 2.45) is 0 Å². The maximum Gasteiger partial charge on any atom is 0.243 e. The third kappa shape index (κ3) is 3.05. The summed E-state index contributed by atoms with van der Waals surface area (Å²) in [6, 6.07) is 6.61. The summed E-state index contributed by atoms with van der Waals surface area (Å²) in [5.74, 6) is 0.298. The van der Waals surface area contributed by atoms with E-state index in [-0.39, 0.29) is 6.10 Å². The molecule has 0 N–H and O–H groups in total. The Hall–Kier alpha value is -0.140. The van der Waals surface area contributed by atoms with Crippen LogP contribution in [0, 0.1) is 0 Å². The molecule has 1 fully saturated rings. The van der Waals surface area contributed by atoms with Gasteiger partial charge in [-0.3, -0.25) is 0 Å². The van der Waals surface area contributed by atoms with E-state index in [1.54, 1.807) is 24.3 Å². The third-order valence-corrected chi connectivity index (χ3v) is 5.48. The van der Waals surface area contributed by atoms with Crippen LogP contribution in [0.5, 0.6) is 0 Å². The Balaban J connectivity index is 2.22. The van der Waals surface area contributed by atoms with Crippen molar-refractivity contribution in [3.05, 3.63) is 28.7 Å². The molecule has 0 aliphatic carbocycles. The molecule has 7 heteroatoms. The largest absolute Gasteiger partial charge is 0.374 e. The van der Waals surface area contributed by atoms with Crippen molar-refractivity contribution in [1.82, 2.24) is 4.31 Å². The van der Waals surface area contributed by atoms with E-state index in [1.165, 1.54) is 4.31 Å². The Bertz CT molecular complexity index is 506. The van der Waals surface area contributed by atoms with Crippen LogP contribution in [0.4, 0.5) is 0 Å². The maximum absolute atomic E-state index is 12.4. The Kier molecular flexibility index (Phi) is 4.66. The first kappa shape index (κ1) is 14.3. The zero-order chi connectivity index (χ0) is 13.2. The fourth-order valence-corrected chi connectivity index (χ4v) is 3.67. The van der Waals surface area contributed by atoms with E-state index >= 15 is 0 Å². The summed E-state index contributed by atoms with van der Waals surface area (Å²) in [4.78, 5) is 0.293. The zero-order valence-electron chi connectivity index (χ0n) is 9.55. The minimum Gasteiger partial charge on any atom is -0.374 e. The summed E-state index contributed by atoms with van der Waals surface area (Å²) in [7, 11) is -3.45. The van der Waals surface area contributed by atoms with Crippen LogP contribution in [0.15, 0.2) is 33.6 Å². The van der Waals surface area contributed by atoms with Crippen LogP contribution in [0.2, 0.25) is 0 Å². The summed E-state index contributed by atoms with van der Waals surface area (Å²) >= 11 is 8.99. The van der Waals surface area contributed by atoms with Crippen molar-refractivity contribution in [3.63, 3.8) is 0 Å². The molecule has 18 heavy (non-hydrogen) atoms. The molecule has 2 rings (SSSR count). The van der Waals surface area contributed by atoms with Gasteiger partial charge >= 0.3 is 0 Å². The van der Waals surface area contributed by atoms with Crippen LogP contribution in [0.25, 0.3) is 0 Å². The molecule has 1 unspecified atom stereocenters. The van der Waals surface area contributed by atoms with E-state index in [4.69, 9.17) is 16.3 Å². The lowest BCUT2D eigenvalue weighted by Gasteiger charge is -2.31. The number of nitrogens with zero attached hydrogens (tertiary/aromatic N) is 1. The normalized spacial score (nSPS) is 22.0. The average molecular weight is 355 g/mol. The van der Waals surface area contributed by atoms with Gasteiger partial charge in [0.2, 0.25) is 10.0 Å². The topological polar surface area (TPSA) is 46.6 Å². The molecular weight excluding hydrogens is 342 g/mol. The molecule has 1 heterocycles. The Morgan fingerprint density at radius 2 is 2.06 bits per heavy atom. The highest BCUT2D eigenvalue weighted by molar-refractivity contribution is 9.10. The van der Waals surface area contributed by atoms with Crippen LogP contribution in [-0.2, 0) is 14.8 Å². The number of hydrogen-bond donors (Lipinski definition) is 0. The molecule has 4 nitrogen and oxygen atoms in total. The van der Waals surface area contributed by atoms with E-state index < -0.39 is 10.0 Å². The van der Waals surface area contributed by atoms with Gasteiger partial charge in [-0.1, -0.05) is 15.9 Å². The Morgan fingerprint density at radius 1 is 1.39 bits per heavy atom. The fourth-order valence-electron chi connectivity index (χ4n) is 1.76. The first-order chi connectivity index (χ1) is 8.54. The Morgan fingerprint density at radius 3 is 2.67 bits per heavy atom. The number of ether oxygens (including phenoxy) is 1. The molecule has 1 aliphatic rings. The molecule has 1 aromatic rings. The lowest BCUT2D eigenvalue weighted by molar-refractivity contribution is 0.0122. The SMILES string of the molecule is O=S(=O)(c1ccc(Br)cc1)N1CCOC(CCl)C1. The highest BCUT2D eigenvalue weighted by Gasteiger charge is 2.30. The molecule has 1 aromatic carbocycles. The lowest BCUT2D eigenvalue weighted by Crippen LogP contribution is -2.46. The van der Waals surface area contributed by atoms with Gasteiger partial charge in [0, 0.05) is 23.4 Å². The minimum absolute atomic E-state index is 0.231. The van der Waals surface area contributed by atoms with Gasteiger partial charge in [0.25, 0.3) is 0 Å². The molecule has 0 saturated carbocycles. The van der Waals surface area contributed by atoms with Gasteiger partial charge in [0.1, 0.15) is 0 Å². The number of hydrogen-bond acceptors (Lipinski definition) is 3. The maximum atomic E-state index is 12.4. The summed E-state index contributed by atoms with van der Waals surface area (Å²) in [6.45, 7) is 1.06. The molecule has 0 bridgehead atoms. The van der Waals surface area contributed by atoms with Crippen molar-refractivity contribution >= 4 is 37.6 Å². The van der Waals surface area contributed by atoms with Crippen LogP contribution >= 0.6 is 27.5 Å². The zero-order valence-corrected chi connectivity index (χ0v) is 12.7. The number of halogens is 2. The van der Waals surface area contributed by atoms with Crippen LogP contribution in [0.1, 0.15) is 0 Å². The van der Waals surface area contributed by atoms with Crippen molar-refractivity contribution in [1.29, 1.82) is 0 Å². The first-order valence-corrected chi connectivity index (χ1v) is 8.24. The van der Waals surface area contributed by atoms with E-state index in [1.807, 2.05) is 0 Å². The summed E-state index contributed by atoms with van der Waals surface area (Å²) < 4.78 is 32.4. The monoisotopic (exact) mass is 353 g/mol. The third-order valence-electron chi connectivity index (χ3n) is 2.73. The molecule has 0 aromatic heterocycles. The van der Waals surface area contributed by atoms with E-state index in [0.717, 1.165) is 4.47 Å². The smallest absolute Gasteiger partial charge is 0.243 e. The second kappa shape index (κ2) is 5.88. The van der Waals surface area contributed by atoms with Gasteiger partial charge in [-0.15, -0.1) is 11.6 Å². The summed E-state index contributed by atoms with van der Waals surface area (Å²) in [5.41, 5.74) is 0. The van der Waals surface area contributed by atoms with E-state index in [9.17, 15) is 8.42 Å². The average Bonchev–Trinajstić information content (AvgIpc) is 2.39. The van der Waals surface area contributed by atoms with Gasteiger partial charge in [-0.05, 0) is 24.3 Å². The lowest BCUT2D eigenvalue weighted by atomic mass is 10.3. The minimum atomic E-state index is -3.45. The van der Waals surface area contributed by atoms with Crippen LogP contribution < -0.4 is 0 Å². The number of sulfonamides is 1. The van der Waals surface area contributed by atoms with Gasteiger partial charge < -0.3 is 4.74 Å². The summed E-state index contributed by atoms with van der Waals surface area (Å²) in [5, 5.41) is 0. The van der Waals surface area contributed by atoms with E-state index in [2.05, 4.69) is 15.9 Å². The van der Waals surface area contributed by atoms with Crippen LogP contribution in [-0.4, -0.2) is 44.4 Å². The number of benzene rings is 1. The molecule has 0 amide bonds. The van der Waals surface area contributed by atoms with Crippen molar-refractivity contribution in [3.8, 4) is 0 Å². The molecule has 0 spiro atoms. The number of morpholine rings is 1. The van der Waals surface area contributed by atoms with Gasteiger partial charge in [0.15, 0.2) is 0 Å². The number of alkyl halides is 1. The van der Waals surface area contributed by atoms with Crippen LogP contribution in [0.3, 0.4) is 0 Å². The van der Waals surface area contributed by atoms with Gasteiger partial charge in [-0.25, -0.2) is 8.42 Å². The predicted molar refractivity (Wildman–Crippen MR) is 73.4 cm³/mol. The molecule has 100 valence electrons. The van der Waals surface area contributed by atoms with Crippen molar-refractivity contribution in [2.45, 2.75) is 11.0 Å². The van der Waals surface area contributed by atoms with Crippen molar-refractivity contribution < 1.29 is 13.2 Å². The Labute approximate surface area is 120 Å². The summed E-state index contributed by atoms with van der Waals surface area (Å²) in [6.07, 6.45) is -0.231. The molecule has 0 radical (unpaired) electrons. The van der Waals surface area contributed by atoms with E-state index in [0.29, 0.717) is 30.5 Å². The molecule has 1 atom stereocenters. The highest BCUT2D eigenvalue weighted by Crippen LogP contribution is 2.21. The quantitative estimate of drug-likeness (QED) is 0.781. The highest BCUT2D eigenvalue weighted by atomic mass is 79.9. The fraction of sp³-hybridized carbons (Fsp3) is 0.455. The molecule has 1 saturated heterocycles. The van der Waals surface area contributed by atoms with Gasteiger partial charge in [0.05, 0.1) is 17.6 Å².